The molecule has 2 aromatic rings. The Morgan fingerprint density at radius 3 is 2.09 bits per heavy atom. The van der Waals surface area contributed by atoms with Crippen LogP contribution in [0.3, 0.4) is 0 Å². The Balaban J connectivity index is 2.30. The summed E-state index contributed by atoms with van der Waals surface area (Å²) in [5, 5.41) is 2.94. The molecule has 0 heterocycles. The van der Waals surface area contributed by atoms with Crippen LogP contribution in [0, 0.1) is 0 Å². The lowest BCUT2D eigenvalue weighted by atomic mass is 10.0. The van der Waals surface area contributed by atoms with Crippen LogP contribution in [0.2, 0.25) is 0 Å². The van der Waals surface area contributed by atoms with E-state index in [1.54, 1.807) is 0 Å². The van der Waals surface area contributed by atoms with Crippen molar-refractivity contribution in [2.75, 3.05) is 33.0 Å². The minimum absolute atomic E-state index is 0.113. The van der Waals surface area contributed by atoms with Crippen LogP contribution in [0.5, 0.6) is 0 Å². The van der Waals surface area contributed by atoms with Crippen LogP contribution in [0.1, 0.15) is 31.4 Å². The molecular weight excluding hydrogens is 466 g/mol. The monoisotopic (exact) mass is 503 g/mol. The van der Waals surface area contributed by atoms with E-state index in [-0.39, 0.29) is 25.1 Å². The first-order valence-corrected chi connectivity index (χ1v) is 13.6. The zero-order valence-electron chi connectivity index (χ0n) is 21.0. The quantitative estimate of drug-likeness (QED) is 0.400. The van der Waals surface area contributed by atoms with E-state index < -0.39 is 22.0 Å². The van der Waals surface area contributed by atoms with E-state index in [2.05, 4.69) is 5.32 Å². The molecule has 0 aromatic heterocycles. The fraction of sp³-hybridized carbons (Fsp3) is 0.462. The number of hydrogen-bond acceptors (Lipinski definition) is 5. The lowest BCUT2D eigenvalue weighted by molar-refractivity contribution is -0.141. The number of carbonyl (C=O) groups is 2. The highest BCUT2D eigenvalue weighted by Gasteiger charge is 2.31. The minimum Gasteiger partial charge on any atom is -0.379 e. The maximum absolute atomic E-state index is 13.4. The topological polar surface area (TPSA) is 96.0 Å². The standard InChI is InChI=1S/C26H37N3O5S/c1-21(2)34-17-11-16-27-26(31)24(18-22-12-7-5-8-13-22)29(19-23-14-9-6-10-15-23)25(30)20-28(3)35(4,32)33/h5-10,12-15,21,24H,11,16-20H2,1-4H3,(H,27,31). The van der Waals surface area contributed by atoms with E-state index in [0.29, 0.717) is 26.0 Å². The van der Waals surface area contributed by atoms with Crippen molar-refractivity contribution in [1.29, 1.82) is 0 Å². The average molecular weight is 504 g/mol. The Morgan fingerprint density at radius 2 is 1.54 bits per heavy atom. The smallest absolute Gasteiger partial charge is 0.243 e. The molecule has 0 radical (unpaired) electrons. The van der Waals surface area contributed by atoms with Crippen molar-refractivity contribution < 1.29 is 22.7 Å². The maximum atomic E-state index is 13.4. The van der Waals surface area contributed by atoms with Crippen molar-refractivity contribution in [1.82, 2.24) is 14.5 Å². The fourth-order valence-corrected chi connectivity index (χ4v) is 3.80. The van der Waals surface area contributed by atoms with Gasteiger partial charge in [0.15, 0.2) is 0 Å². The molecule has 0 aliphatic rings. The Labute approximate surface area is 209 Å². The summed E-state index contributed by atoms with van der Waals surface area (Å²) in [6.45, 7) is 4.66. The zero-order valence-corrected chi connectivity index (χ0v) is 21.8. The summed E-state index contributed by atoms with van der Waals surface area (Å²) in [5.74, 6) is -0.731. The molecule has 0 saturated carbocycles. The van der Waals surface area contributed by atoms with Crippen molar-refractivity contribution in [3.05, 3.63) is 71.8 Å². The molecule has 9 heteroatoms. The van der Waals surface area contributed by atoms with Crippen LogP contribution in [0.25, 0.3) is 0 Å². The number of benzene rings is 2. The molecule has 2 aromatic carbocycles. The van der Waals surface area contributed by atoms with Crippen molar-refractivity contribution in [3.63, 3.8) is 0 Å². The molecule has 1 atom stereocenters. The second kappa shape index (κ2) is 14.0. The van der Waals surface area contributed by atoms with Gasteiger partial charge in [-0.15, -0.1) is 0 Å². The van der Waals surface area contributed by atoms with Crippen LogP contribution >= 0.6 is 0 Å². The van der Waals surface area contributed by atoms with Crippen molar-refractivity contribution in [3.8, 4) is 0 Å². The summed E-state index contributed by atoms with van der Waals surface area (Å²) in [5.41, 5.74) is 1.75. The van der Waals surface area contributed by atoms with Gasteiger partial charge in [0.1, 0.15) is 6.04 Å². The molecule has 0 spiro atoms. The summed E-state index contributed by atoms with van der Waals surface area (Å²) >= 11 is 0. The lowest BCUT2D eigenvalue weighted by Crippen LogP contribution is -2.53. The molecule has 192 valence electrons. The number of hydrogen-bond donors (Lipinski definition) is 1. The van der Waals surface area contributed by atoms with Gasteiger partial charge in [-0.2, -0.15) is 4.31 Å². The molecule has 0 aliphatic carbocycles. The SMILES string of the molecule is CC(C)OCCCNC(=O)C(Cc1ccccc1)N(Cc1ccccc1)C(=O)CN(C)S(C)(=O)=O. The lowest BCUT2D eigenvalue weighted by Gasteiger charge is -2.32. The van der Waals surface area contributed by atoms with E-state index in [9.17, 15) is 18.0 Å². The number of amides is 2. The van der Waals surface area contributed by atoms with Crippen LogP contribution in [-0.2, 0) is 37.3 Å². The Morgan fingerprint density at radius 1 is 0.971 bits per heavy atom. The summed E-state index contributed by atoms with van der Waals surface area (Å²) in [6.07, 6.45) is 2.11. The highest BCUT2D eigenvalue weighted by atomic mass is 32.2. The van der Waals surface area contributed by atoms with E-state index in [1.807, 2.05) is 74.5 Å². The average Bonchev–Trinajstić information content (AvgIpc) is 2.81. The minimum atomic E-state index is -3.57. The molecule has 2 amide bonds. The molecule has 0 bridgehead atoms. The number of nitrogens with zero attached hydrogens (tertiary/aromatic N) is 2. The van der Waals surface area contributed by atoms with Gasteiger partial charge in [0.05, 0.1) is 18.9 Å². The van der Waals surface area contributed by atoms with Crippen LogP contribution in [0.4, 0.5) is 0 Å². The molecule has 1 N–H and O–H groups in total. The van der Waals surface area contributed by atoms with E-state index in [0.717, 1.165) is 21.7 Å². The number of rotatable bonds is 14. The summed E-state index contributed by atoms with van der Waals surface area (Å²) in [6, 6.07) is 18.0. The Bertz CT molecular complexity index is 1030. The van der Waals surface area contributed by atoms with Crippen LogP contribution in [0.15, 0.2) is 60.7 Å². The predicted octanol–water partition coefficient (Wildman–Crippen LogP) is 2.45. The van der Waals surface area contributed by atoms with Crippen LogP contribution < -0.4 is 5.32 Å². The largest absolute Gasteiger partial charge is 0.379 e. The predicted molar refractivity (Wildman–Crippen MR) is 137 cm³/mol. The molecule has 2 rings (SSSR count). The van der Waals surface area contributed by atoms with Gasteiger partial charge in [0.2, 0.25) is 21.8 Å². The van der Waals surface area contributed by atoms with E-state index in [1.165, 1.54) is 11.9 Å². The maximum Gasteiger partial charge on any atom is 0.243 e. The number of sulfonamides is 1. The van der Waals surface area contributed by atoms with Gasteiger partial charge in [-0.1, -0.05) is 60.7 Å². The van der Waals surface area contributed by atoms with Gasteiger partial charge in [-0.3, -0.25) is 9.59 Å². The normalized spacial score (nSPS) is 12.5. The third-order valence-electron chi connectivity index (χ3n) is 5.46. The molecule has 0 aliphatic heterocycles. The number of nitrogens with one attached hydrogen (secondary N) is 1. The summed E-state index contributed by atoms with van der Waals surface area (Å²) < 4.78 is 30.5. The Hall–Kier alpha value is -2.75. The van der Waals surface area contributed by atoms with E-state index >= 15 is 0 Å². The first-order valence-electron chi connectivity index (χ1n) is 11.8. The summed E-state index contributed by atoms with van der Waals surface area (Å²) in [7, 11) is -2.21. The fourth-order valence-electron chi connectivity index (χ4n) is 3.45. The summed E-state index contributed by atoms with van der Waals surface area (Å²) in [4.78, 5) is 28.3. The van der Waals surface area contributed by atoms with E-state index in [4.69, 9.17) is 4.74 Å². The molecule has 8 nitrogen and oxygen atoms in total. The van der Waals surface area contributed by atoms with Crippen molar-refractivity contribution in [2.24, 2.45) is 0 Å². The van der Waals surface area contributed by atoms with Gasteiger partial charge >= 0.3 is 0 Å². The van der Waals surface area contributed by atoms with Gasteiger partial charge in [-0.05, 0) is 31.4 Å². The van der Waals surface area contributed by atoms with Crippen molar-refractivity contribution in [2.45, 2.75) is 45.4 Å². The van der Waals surface area contributed by atoms with Gasteiger partial charge < -0.3 is 15.0 Å². The second-order valence-electron chi connectivity index (χ2n) is 8.80. The molecule has 35 heavy (non-hydrogen) atoms. The number of carbonyl (C=O) groups excluding carboxylic acids is 2. The molecule has 0 fully saturated rings. The first kappa shape index (κ1) is 28.5. The third-order valence-corrected chi connectivity index (χ3v) is 6.72. The Kier molecular flexibility index (Phi) is 11.4. The zero-order chi connectivity index (χ0) is 25.8. The first-order chi connectivity index (χ1) is 16.6. The van der Waals surface area contributed by atoms with Gasteiger partial charge in [0, 0.05) is 33.2 Å². The van der Waals surface area contributed by atoms with Gasteiger partial charge in [-0.25, -0.2) is 8.42 Å². The third kappa shape index (κ3) is 10.2. The molecule has 0 saturated heterocycles. The number of ether oxygens (including phenoxy) is 1. The molecule has 1 unspecified atom stereocenters. The van der Waals surface area contributed by atoms with Crippen molar-refractivity contribution >= 4 is 21.8 Å². The molecular formula is C26H37N3O5S. The second-order valence-corrected chi connectivity index (χ2v) is 10.9. The van der Waals surface area contributed by atoms with Crippen LogP contribution in [-0.4, -0.2) is 74.6 Å². The van der Waals surface area contributed by atoms with Gasteiger partial charge in [0.25, 0.3) is 0 Å². The highest BCUT2D eigenvalue weighted by molar-refractivity contribution is 7.88. The highest BCUT2D eigenvalue weighted by Crippen LogP contribution is 2.15. The number of likely N-dealkylation sites (N-methyl/N-ethyl adjacent to an activating group) is 1.